The van der Waals surface area contributed by atoms with E-state index in [4.69, 9.17) is 9.84 Å². The van der Waals surface area contributed by atoms with Gasteiger partial charge in [-0.25, -0.2) is 4.79 Å². The van der Waals surface area contributed by atoms with Gasteiger partial charge in [0.2, 0.25) is 0 Å². The summed E-state index contributed by atoms with van der Waals surface area (Å²) < 4.78 is 5.00. The summed E-state index contributed by atoms with van der Waals surface area (Å²) in [6.07, 6.45) is -0.529. The molecule has 1 heterocycles. The van der Waals surface area contributed by atoms with Crippen molar-refractivity contribution in [3.8, 4) is 0 Å². The van der Waals surface area contributed by atoms with Gasteiger partial charge in [0.25, 0.3) is 5.95 Å². The average Bonchev–Trinajstić information content (AvgIpc) is 2.91. The van der Waals surface area contributed by atoms with E-state index in [1.165, 1.54) is 0 Å². The normalized spacial score (nSPS) is 10.1. The number of aromatic amines is 1. The second-order valence-corrected chi connectivity index (χ2v) is 4.19. The summed E-state index contributed by atoms with van der Waals surface area (Å²) in [5.41, 5.74) is 0.866. The fourth-order valence-corrected chi connectivity index (χ4v) is 1.54. The maximum absolute atomic E-state index is 11.5. The van der Waals surface area contributed by atoms with E-state index < -0.39 is 12.1 Å². The Morgan fingerprint density at radius 2 is 2.05 bits per heavy atom. The predicted molar refractivity (Wildman–Crippen MR) is 72.6 cm³/mol. The second kappa shape index (κ2) is 7.04. The molecule has 1 aromatic heterocycles. The Morgan fingerprint density at radius 1 is 1.29 bits per heavy atom. The SMILES string of the molecule is O=C(O)CCc1nc(NC(=O)OCc2ccccc2)n[nH]1. The van der Waals surface area contributed by atoms with Gasteiger partial charge in [0.05, 0.1) is 6.42 Å². The zero-order valence-corrected chi connectivity index (χ0v) is 11.1. The minimum Gasteiger partial charge on any atom is -0.481 e. The number of carbonyl (C=O) groups excluding carboxylic acids is 1. The third-order valence-corrected chi connectivity index (χ3v) is 2.53. The zero-order chi connectivity index (χ0) is 15.1. The van der Waals surface area contributed by atoms with Crippen LogP contribution in [-0.4, -0.2) is 32.4 Å². The molecular weight excluding hydrogens is 276 g/mol. The highest BCUT2D eigenvalue weighted by atomic mass is 16.5. The molecule has 1 amide bonds. The minimum absolute atomic E-state index is 0.0495. The van der Waals surface area contributed by atoms with Crippen LogP contribution < -0.4 is 5.32 Å². The summed E-state index contributed by atoms with van der Waals surface area (Å²) in [7, 11) is 0. The van der Waals surface area contributed by atoms with Crippen LogP contribution in [0.15, 0.2) is 30.3 Å². The van der Waals surface area contributed by atoms with Gasteiger partial charge in [0.1, 0.15) is 12.4 Å². The van der Waals surface area contributed by atoms with Gasteiger partial charge in [-0.2, -0.15) is 4.98 Å². The number of aromatic nitrogens is 3. The summed E-state index contributed by atoms with van der Waals surface area (Å²) in [4.78, 5) is 25.9. The van der Waals surface area contributed by atoms with Crippen molar-refractivity contribution in [3.05, 3.63) is 41.7 Å². The van der Waals surface area contributed by atoms with Crippen molar-refractivity contribution >= 4 is 18.0 Å². The molecule has 2 aromatic rings. The Labute approximate surface area is 120 Å². The van der Waals surface area contributed by atoms with Crippen molar-refractivity contribution in [2.75, 3.05) is 5.32 Å². The lowest BCUT2D eigenvalue weighted by Crippen LogP contribution is -2.14. The molecule has 2 rings (SSSR count). The van der Waals surface area contributed by atoms with Crippen molar-refractivity contribution < 1.29 is 19.4 Å². The molecule has 0 aliphatic rings. The van der Waals surface area contributed by atoms with Crippen LogP contribution in [0.1, 0.15) is 17.8 Å². The van der Waals surface area contributed by atoms with E-state index in [1.807, 2.05) is 30.3 Å². The number of ether oxygens (including phenoxy) is 1. The van der Waals surface area contributed by atoms with Gasteiger partial charge in [-0.3, -0.25) is 15.2 Å². The molecule has 0 unspecified atom stereocenters. The summed E-state index contributed by atoms with van der Waals surface area (Å²) in [5, 5.41) is 17.2. The summed E-state index contributed by atoms with van der Waals surface area (Å²) in [6.45, 7) is 0.142. The second-order valence-electron chi connectivity index (χ2n) is 4.19. The number of amides is 1. The van der Waals surface area contributed by atoms with Gasteiger partial charge >= 0.3 is 12.1 Å². The Morgan fingerprint density at radius 3 is 2.76 bits per heavy atom. The molecule has 8 heteroatoms. The number of aryl methyl sites for hydroxylation is 1. The van der Waals surface area contributed by atoms with Crippen molar-refractivity contribution in [1.82, 2.24) is 15.2 Å². The van der Waals surface area contributed by atoms with Crippen LogP contribution in [0.2, 0.25) is 0 Å². The Balaban J connectivity index is 1.78. The highest BCUT2D eigenvalue weighted by Gasteiger charge is 2.09. The smallest absolute Gasteiger partial charge is 0.414 e. The third kappa shape index (κ3) is 4.94. The van der Waals surface area contributed by atoms with Gasteiger partial charge in [-0.1, -0.05) is 30.3 Å². The van der Waals surface area contributed by atoms with Crippen LogP contribution in [-0.2, 0) is 22.6 Å². The van der Waals surface area contributed by atoms with E-state index in [0.29, 0.717) is 5.82 Å². The largest absolute Gasteiger partial charge is 0.481 e. The first-order valence-corrected chi connectivity index (χ1v) is 6.24. The summed E-state index contributed by atoms with van der Waals surface area (Å²) in [6, 6.07) is 9.24. The number of hydrogen-bond acceptors (Lipinski definition) is 5. The number of nitrogens with one attached hydrogen (secondary N) is 2. The molecule has 21 heavy (non-hydrogen) atoms. The van der Waals surface area contributed by atoms with Crippen LogP contribution in [0.3, 0.4) is 0 Å². The molecule has 0 radical (unpaired) electrons. The van der Waals surface area contributed by atoms with Gasteiger partial charge in [-0.15, -0.1) is 5.10 Å². The minimum atomic E-state index is -0.928. The first-order chi connectivity index (χ1) is 10.1. The highest BCUT2D eigenvalue weighted by Crippen LogP contribution is 2.04. The fourth-order valence-electron chi connectivity index (χ4n) is 1.54. The number of anilines is 1. The molecule has 0 bridgehead atoms. The van der Waals surface area contributed by atoms with Gasteiger partial charge in [-0.05, 0) is 5.56 Å². The number of carboxylic acid groups (broad SMARTS) is 1. The molecule has 8 nitrogen and oxygen atoms in total. The number of aliphatic carboxylic acids is 1. The van der Waals surface area contributed by atoms with E-state index in [0.717, 1.165) is 5.56 Å². The molecule has 0 aliphatic carbocycles. The van der Waals surface area contributed by atoms with Crippen LogP contribution >= 0.6 is 0 Å². The lowest BCUT2D eigenvalue weighted by molar-refractivity contribution is -0.137. The standard InChI is InChI=1S/C13H14N4O4/c18-11(19)7-6-10-14-12(17-16-10)15-13(20)21-8-9-4-2-1-3-5-9/h1-5H,6-8H2,(H,18,19)(H2,14,15,16,17,20). The topological polar surface area (TPSA) is 117 Å². The number of nitrogens with zero attached hydrogens (tertiary/aromatic N) is 2. The molecular formula is C13H14N4O4. The zero-order valence-electron chi connectivity index (χ0n) is 11.1. The number of rotatable bonds is 6. The van der Waals surface area contributed by atoms with E-state index in [2.05, 4.69) is 20.5 Å². The molecule has 3 N–H and O–H groups in total. The van der Waals surface area contributed by atoms with Crippen molar-refractivity contribution in [1.29, 1.82) is 0 Å². The van der Waals surface area contributed by atoms with Gasteiger partial charge in [0.15, 0.2) is 0 Å². The van der Waals surface area contributed by atoms with Crippen molar-refractivity contribution in [2.45, 2.75) is 19.4 Å². The van der Waals surface area contributed by atoms with Crippen molar-refractivity contribution in [3.63, 3.8) is 0 Å². The molecule has 0 atom stereocenters. The fraction of sp³-hybridized carbons (Fsp3) is 0.231. The number of carboxylic acids is 1. The van der Waals surface area contributed by atoms with E-state index >= 15 is 0 Å². The molecule has 0 saturated heterocycles. The highest BCUT2D eigenvalue weighted by molar-refractivity contribution is 5.82. The third-order valence-electron chi connectivity index (χ3n) is 2.53. The van der Waals surface area contributed by atoms with E-state index in [9.17, 15) is 9.59 Å². The molecule has 0 aliphatic heterocycles. The molecule has 0 spiro atoms. The maximum atomic E-state index is 11.5. The first-order valence-electron chi connectivity index (χ1n) is 6.24. The Bertz CT molecular complexity index is 612. The van der Waals surface area contributed by atoms with Crippen LogP contribution in [0.25, 0.3) is 0 Å². The Hall–Kier alpha value is -2.90. The summed E-state index contributed by atoms with van der Waals surface area (Å²) >= 11 is 0. The van der Waals surface area contributed by atoms with Gasteiger partial charge < -0.3 is 9.84 Å². The Kier molecular flexibility index (Phi) is 4.86. The number of carbonyl (C=O) groups is 2. The molecule has 110 valence electrons. The average molecular weight is 290 g/mol. The molecule has 0 saturated carbocycles. The lowest BCUT2D eigenvalue weighted by atomic mass is 10.2. The number of hydrogen-bond donors (Lipinski definition) is 3. The maximum Gasteiger partial charge on any atom is 0.414 e. The van der Waals surface area contributed by atoms with Crippen LogP contribution in [0, 0.1) is 0 Å². The van der Waals surface area contributed by atoms with E-state index in [-0.39, 0.29) is 25.4 Å². The molecule has 1 aromatic carbocycles. The predicted octanol–water partition coefficient (Wildman–Crippen LogP) is 1.57. The number of benzene rings is 1. The molecule has 0 fully saturated rings. The first kappa shape index (κ1) is 14.5. The van der Waals surface area contributed by atoms with E-state index in [1.54, 1.807) is 0 Å². The van der Waals surface area contributed by atoms with Crippen molar-refractivity contribution in [2.24, 2.45) is 0 Å². The van der Waals surface area contributed by atoms with Crippen LogP contribution in [0.4, 0.5) is 10.7 Å². The monoisotopic (exact) mass is 290 g/mol. The van der Waals surface area contributed by atoms with Crippen LogP contribution in [0.5, 0.6) is 0 Å². The van der Waals surface area contributed by atoms with Gasteiger partial charge in [0, 0.05) is 6.42 Å². The summed E-state index contributed by atoms with van der Waals surface area (Å²) in [5.74, 6) is -0.493. The number of H-pyrrole nitrogens is 1. The quantitative estimate of drug-likeness (QED) is 0.743. The lowest BCUT2D eigenvalue weighted by Gasteiger charge is -2.04.